The van der Waals surface area contributed by atoms with Gasteiger partial charge in [-0.1, -0.05) is 6.07 Å². The number of esters is 1. The number of anilines is 1. The number of amides is 1. The number of benzene rings is 2. The van der Waals surface area contributed by atoms with Crippen LogP contribution in [0.25, 0.3) is 11.0 Å². The van der Waals surface area contributed by atoms with Crippen LogP contribution in [0.3, 0.4) is 0 Å². The van der Waals surface area contributed by atoms with E-state index in [4.69, 9.17) is 4.74 Å². The molecule has 0 fully saturated rings. The second-order valence-corrected chi connectivity index (χ2v) is 6.30. The molecule has 0 saturated heterocycles. The first-order valence-electron chi connectivity index (χ1n) is 8.53. The fourth-order valence-corrected chi connectivity index (χ4v) is 2.54. The fraction of sp³-hybridized carbons (Fsp3) is 0.200. The summed E-state index contributed by atoms with van der Waals surface area (Å²) in [5, 5.41) is 2.27. The molecular formula is C20H16F3N3O3. The zero-order chi connectivity index (χ0) is 21.2. The van der Waals surface area contributed by atoms with Crippen molar-refractivity contribution in [2.24, 2.45) is 0 Å². The van der Waals surface area contributed by atoms with Crippen LogP contribution < -0.4 is 5.32 Å². The van der Waals surface area contributed by atoms with E-state index in [1.165, 1.54) is 24.3 Å². The highest BCUT2D eigenvalue weighted by molar-refractivity contribution is 5.97. The molecule has 0 saturated carbocycles. The Morgan fingerprint density at radius 2 is 1.69 bits per heavy atom. The van der Waals surface area contributed by atoms with Gasteiger partial charge in [-0.3, -0.25) is 4.79 Å². The minimum atomic E-state index is -4.52. The fourth-order valence-electron chi connectivity index (χ4n) is 2.54. The van der Waals surface area contributed by atoms with Crippen molar-refractivity contribution in [3.8, 4) is 0 Å². The molecule has 9 heteroatoms. The summed E-state index contributed by atoms with van der Waals surface area (Å²) in [5.41, 5.74) is 1.87. The van der Waals surface area contributed by atoms with E-state index in [0.717, 1.165) is 23.5 Å². The van der Waals surface area contributed by atoms with Crippen LogP contribution in [0.1, 0.15) is 27.3 Å². The molecule has 0 aliphatic carbocycles. The number of hydrogen-bond donors (Lipinski definition) is 1. The number of nitrogens with zero attached hydrogens (tertiary/aromatic N) is 2. The van der Waals surface area contributed by atoms with E-state index in [9.17, 15) is 22.8 Å². The molecule has 3 aromatic rings. The number of aromatic nitrogens is 2. The lowest BCUT2D eigenvalue weighted by atomic mass is 10.2. The maximum Gasteiger partial charge on any atom is 0.416 e. The first-order chi connectivity index (χ1) is 13.6. The number of alkyl halides is 3. The van der Waals surface area contributed by atoms with Crippen molar-refractivity contribution in [2.45, 2.75) is 20.0 Å². The van der Waals surface area contributed by atoms with Gasteiger partial charge in [0.15, 0.2) is 6.61 Å². The third-order valence-electron chi connectivity index (χ3n) is 4.12. The van der Waals surface area contributed by atoms with Gasteiger partial charge in [-0.2, -0.15) is 13.2 Å². The summed E-state index contributed by atoms with van der Waals surface area (Å²) in [6, 6.07) is 8.79. The number of carbonyl (C=O) groups excluding carboxylic acids is 2. The number of hydrogen-bond acceptors (Lipinski definition) is 5. The first-order valence-corrected chi connectivity index (χ1v) is 8.53. The van der Waals surface area contributed by atoms with Crippen LogP contribution in [0, 0.1) is 13.8 Å². The summed E-state index contributed by atoms with van der Waals surface area (Å²) in [5.74, 6) is -1.52. The van der Waals surface area contributed by atoms with Crippen LogP contribution in [0.15, 0.2) is 42.5 Å². The number of rotatable bonds is 4. The second kappa shape index (κ2) is 7.86. The molecule has 150 valence electrons. The van der Waals surface area contributed by atoms with Crippen LogP contribution in [0.5, 0.6) is 0 Å². The van der Waals surface area contributed by atoms with E-state index in [0.29, 0.717) is 11.0 Å². The van der Waals surface area contributed by atoms with Crippen LogP contribution in [-0.4, -0.2) is 28.5 Å². The SMILES string of the molecule is Cc1nc2ccc(C(=O)OCC(=O)Nc3cccc(C(F)(F)F)c3)cc2nc1C. The van der Waals surface area contributed by atoms with Crippen LogP contribution in [-0.2, 0) is 15.7 Å². The summed E-state index contributed by atoms with van der Waals surface area (Å²) in [4.78, 5) is 32.8. The van der Waals surface area contributed by atoms with E-state index < -0.39 is 30.2 Å². The largest absolute Gasteiger partial charge is 0.452 e. The Morgan fingerprint density at radius 3 is 2.38 bits per heavy atom. The third-order valence-corrected chi connectivity index (χ3v) is 4.12. The average molecular weight is 403 g/mol. The van der Waals surface area contributed by atoms with Crippen molar-refractivity contribution < 1.29 is 27.5 Å². The topological polar surface area (TPSA) is 81.2 Å². The number of halogens is 3. The van der Waals surface area contributed by atoms with Crippen molar-refractivity contribution in [1.82, 2.24) is 9.97 Å². The molecule has 0 spiro atoms. The Bertz CT molecular complexity index is 1100. The zero-order valence-electron chi connectivity index (χ0n) is 15.5. The molecule has 0 bridgehead atoms. The van der Waals surface area contributed by atoms with Crippen molar-refractivity contribution in [3.05, 3.63) is 65.0 Å². The summed E-state index contributed by atoms with van der Waals surface area (Å²) < 4.78 is 43.1. The van der Waals surface area contributed by atoms with Crippen LogP contribution in [0.2, 0.25) is 0 Å². The van der Waals surface area contributed by atoms with E-state index in [1.54, 1.807) is 13.0 Å². The van der Waals surface area contributed by atoms with Crippen LogP contribution >= 0.6 is 0 Å². The molecule has 6 nitrogen and oxygen atoms in total. The third kappa shape index (κ3) is 4.87. The maximum atomic E-state index is 12.7. The highest BCUT2D eigenvalue weighted by Crippen LogP contribution is 2.30. The molecule has 0 radical (unpaired) electrons. The zero-order valence-corrected chi connectivity index (χ0v) is 15.5. The van der Waals surface area contributed by atoms with Gasteiger partial charge in [0.25, 0.3) is 5.91 Å². The number of carbonyl (C=O) groups is 2. The van der Waals surface area contributed by atoms with Gasteiger partial charge in [0.05, 0.1) is 33.5 Å². The first kappa shape index (κ1) is 20.2. The van der Waals surface area contributed by atoms with Gasteiger partial charge < -0.3 is 10.1 Å². The van der Waals surface area contributed by atoms with E-state index >= 15 is 0 Å². The quantitative estimate of drug-likeness (QED) is 0.665. The lowest BCUT2D eigenvalue weighted by molar-refractivity contribution is -0.137. The highest BCUT2D eigenvalue weighted by Gasteiger charge is 2.30. The summed E-state index contributed by atoms with van der Waals surface area (Å²) >= 11 is 0. The maximum absolute atomic E-state index is 12.7. The monoisotopic (exact) mass is 403 g/mol. The molecule has 0 aliphatic rings. The van der Waals surface area contributed by atoms with E-state index in [-0.39, 0.29) is 11.3 Å². The molecule has 0 unspecified atom stereocenters. The molecular weight excluding hydrogens is 387 g/mol. The van der Waals surface area contributed by atoms with Gasteiger partial charge in [-0.05, 0) is 50.2 Å². The predicted molar refractivity (Wildman–Crippen MR) is 99.4 cm³/mol. The molecule has 1 N–H and O–H groups in total. The van der Waals surface area contributed by atoms with Crippen LogP contribution in [0.4, 0.5) is 18.9 Å². The van der Waals surface area contributed by atoms with E-state index in [2.05, 4.69) is 15.3 Å². The van der Waals surface area contributed by atoms with Gasteiger partial charge in [0.2, 0.25) is 0 Å². The van der Waals surface area contributed by atoms with Gasteiger partial charge in [0, 0.05) is 5.69 Å². The molecule has 29 heavy (non-hydrogen) atoms. The molecule has 0 atom stereocenters. The number of aryl methyl sites for hydroxylation is 2. The highest BCUT2D eigenvalue weighted by atomic mass is 19.4. The van der Waals surface area contributed by atoms with Crippen molar-refractivity contribution in [3.63, 3.8) is 0 Å². The second-order valence-electron chi connectivity index (χ2n) is 6.30. The molecule has 2 aromatic carbocycles. The number of ether oxygens (including phenoxy) is 1. The Labute approximate surface area is 163 Å². The van der Waals surface area contributed by atoms with Gasteiger partial charge >= 0.3 is 12.1 Å². The van der Waals surface area contributed by atoms with E-state index in [1.807, 2.05) is 6.92 Å². The van der Waals surface area contributed by atoms with Crippen molar-refractivity contribution in [1.29, 1.82) is 0 Å². The van der Waals surface area contributed by atoms with Crippen molar-refractivity contribution in [2.75, 3.05) is 11.9 Å². The molecule has 1 amide bonds. The Hall–Kier alpha value is -3.49. The minimum Gasteiger partial charge on any atom is -0.452 e. The smallest absolute Gasteiger partial charge is 0.416 e. The Kier molecular flexibility index (Phi) is 5.49. The lowest BCUT2D eigenvalue weighted by Crippen LogP contribution is -2.21. The standard InChI is InChI=1S/C20H16F3N3O3/c1-11-12(2)25-17-8-13(6-7-16(17)24-11)19(28)29-10-18(27)26-15-5-3-4-14(9-15)20(21,22)23/h3-9H,10H2,1-2H3,(H,26,27). The number of fused-ring (bicyclic) bond motifs is 1. The van der Waals surface area contributed by atoms with Gasteiger partial charge in [-0.15, -0.1) is 0 Å². The molecule has 1 aromatic heterocycles. The Balaban J connectivity index is 1.64. The predicted octanol–water partition coefficient (Wildman–Crippen LogP) is 4.06. The minimum absolute atomic E-state index is 0.0484. The van der Waals surface area contributed by atoms with Gasteiger partial charge in [0.1, 0.15) is 0 Å². The number of nitrogens with one attached hydrogen (secondary N) is 1. The van der Waals surface area contributed by atoms with Gasteiger partial charge in [-0.25, -0.2) is 14.8 Å². The summed E-state index contributed by atoms with van der Waals surface area (Å²) in [6.07, 6.45) is -4.52. The molecule has 3 rings (SSSR count). The summed E-state index contributed by atoms with van der Waals surface area (Å²) in [6.45, 7) is 2.98. The normalized spacial score (nSPS) is 11.3. The summed E-state index contributed by atoms with van der Waals surface area (Å²) in [7, 11) is 0. The van der Waals surface area contributed by atoms with Crippen molar-refractivity contribution >= 4 is 28.6 Å². The molecule has 1 heterocycles. The average Bonchev–Trinajstić information content (AvgIpc) is 2.66. The molecule has 0 aliphatic heterocycles. The lowest BCUT2D eigenvalue weighted by Gasteiger charge is -2.10. The Morgan fingerprint density at radius 1 is 1.00 bits per heavy atom.